The summed E-state index contributed by atoms with van der Waals surface area (Å²) in [6.45, 7) is -2.85. The van der Waals surface area contributed by atoms with E-state index in [2.05, 4.69) is 4.98 Å². The molecule has 0 atom stereocenters. The van der Waals surface area contributed by atoms with Gasteiger partial charge < -0.3 is 10.2 Å². The van der Waals surface area contributed by atoms with Gasteiger partial charge in [0.05, 0.1) is 12.1 Å². The normalized spacial score (nSPS) is 12.6. The van der Waals surface area contributed by atoms with Crippen LogP contribution in [-0.2, 0) is 10.0 Å². The number of hydrogen-bond donors (Lipinski definition) is 3. The lowest BCUT2D eigenvalue weighted by Gasteiger charge is -2.13. The average molecular weight is 302 g/mol. The fourth-order valence-corrected chi connectivity index (χ4v) is 3.14. The first-order chi connectivity index (χ1) is 8.19. The molecule has 7 nitrogen and oxygen atoms in total. The highest BCUT2D eigenvalue weighted by Crippen LogP contribution is 2.20. The van der Waals surface area contributed by atoms with E-state index in [1.54, 1.807) is 0 Å². The van der Waals surface area contributed by atoms with E-state index in [4.69, 9.17) is 10.2 Å². The Hall–Kier alpha value is -1.17. The number of nitrogens with one attached hydrogen (secondary N) is 1. The number of aliphatic hydroxyl groups is 1. The van der Waals surface area contributed by atoms with Crippen LogP contribution in [0.15, 0.2) is 9.72 Å². The second kappa shape index (κ2) is 5.22. The number of aromatic carboxylic acids is 1. The molecule has 0 aromatic carbocycles. The van der Waals surface area contributed by atoms with Crippen LogP contribution < -0.4 is 4.72 Å². The van der Waals surface area contributed by atoms with Gasteiger partial charge in [-0.2, -0.15) is 0 Å². The quantitative estimate of drug-likeness (QED) is 0.667. The van der Waals surface area contributed by atoms with Crippen molar-refractivity contribution >= 4 is 27.3 Å². The molecule has 0 fully saturated rings. The van der Waals surface area contributed by atoms with Gasteiger partial charge >= 0.3 is 5.97 Å². The number of carboxylic acid groups (broad SMARTS) is 1. The van der Waals surface area contributed by atoms with Gasteiger partial charge in [-0.05, 0) is 0 Å². The third-order valence-electron chi connectivity index (χ3n) is 1.73. The first-order valence-corrected chi connectivity index (χ1v) is 6.71. The molecule has 0 aliphatic rings. The third-order valence-corrected chi connectivity index (χ3v) is 4.50. The molecule has 0 aliphatic heterocycles. The van der Waals surface area contributed by atoms with Crippen molar-refractivity contribution in [1.82, 2.24) is 9.71 Å². The summed E-state index contributed by atoms with van der Waals surface area (Å²) < 4.78 is 49.3. The maximum Gasteiger partial charge on any atom is 0.356 e. The first kappa shape index (κ1) is 14.9. The minimum absolute atomic E-state index is 0.493. The summed E-state index contributed by atoms with van der Waals surface area (Å²) in [5, 5.41) is 16.9. The number of carboxylic acids is 1. The standard InChI is InChI=1S/C7H8F2N2O5S2/c8-7(9,2-12)1-11-18(15,16)6-4(5(13)14)10-3-17-6/h3,11-12H,1-2H2,(H,13,14). The second-order valence-electron chi connectivity index (χ2n) is 3.13. The van der Waals surface area contributed by atoms with E-state index in [9.17, 15) is 22.0 Å². The van der Waals surface area contributed by atoms with Crippen LogP contribution in [0, 0.1) is 0 Å². The van der Waals surface area contributed by atoms with Gasteiger partial charge in [-0.15, -0.1) is 11.3 Å². The van der Waals surface area contributed by atoms with Crippen LogP contribution in [0.25, 0.3) is 0 Å². The fourth-order valence-electron chi connectivity index (χ4n) is 0.891. The summed E-state index contributed by atoms with van der Waals surface area (Å²) in [4.78, 5) is 14.0. The molecule has 0 saturated heterocycles. The van der Waals surface area contributed by atoms with Gasteiger partial charge in [-0.1, -0.05) is 0 Å². The fraction of sp³-hybridized carbons (Fsp3) is 0.429. The highest BCUT2D eigenvalue weighted by molar-refractivity contribution is 7.91. The van der Waals surface area contributed by atoms with Crippen LogP contribution in [0.4, 0.5) is 8.78 Å². The number of aromatic nitrogens is 1. The molecule has 1 aromatic heterocycles. The molecule has 3 N–H and O–H groups in total. The van der Waals surface area contributed by atoms with Gasteiger partial charge in [0.1, 0.15) is 6.61 Å². The maximum absolute atomic E-state index is 12.7. The summed E-state index contributed by atoms with van der Waals surface area (Å²) in [5.74, 6) is -5.20. The molecule has 0 amide bonds. The molecule has 0 unspecified atom stereocenters. The van der Waals surface area contributed by atoms with Crippen molar-refractivity contribution in [2.24, 2.45) is 0 Å². The largest absolute Gasteiger partial charge is 0.476 e. The summed E-state index contributed by atoms with van der Waals surface area (Å²) >= 11 is 0.493. The van der Waals surface area contributed by atoms with Crippen molar-refractivity contribution in [2.45, 2.75) is 10.1 Å². The molecule has 0 spiro atoms. The van der Waals surface area contributed by atoms with Crippen LogP contribution >= 0.6 is 11.3 Å². The Morgan fingerprint density at radius 1 is 1.56 bits per heavy atom. The van der Waals surface area contributed by atoms with E-state index in [0.29, 0.717) is 11.3 Å². The van der Waals surface area contributed by atoms with Gasteiger partial charge in [0.15, 0.2) is 9.90 Å². The minimum atomic E-state index is -4.40. The highest BCUT2D eigenvalue weighted by Gasteiger charge is 2.32. The monoisotopic (exact) mass is 302 g/mol. The average Bonchev–Trinajstić information content (AvgIpc) is 2.76. The summed E-state index contributed by atoms with van der Waals surface area (Å²) in [6.07, 6.45) is 0. The molecule has 1 rings (SSSR count). The van der Waals surface area contributed by atoms with E-state index < -0.39 is 45.0 Å². The highest BCUT2D eigenvalue weighted by atomic mass is 32.2. The van der Waals surface area contributed by atoms with Crippen molar-refractivity contribution < 1.29 is 32.2 Å². The molecule has 18 heavy (non-hydrogen) atoms. The molecule has 102 valence electrons. The zero-order chi connectivity index (χ0) is 14.0. The molecule has 0 bridgehead atoms. The minimum Gasteiger partial charge on any atom is -0.476 e. The lowest BCUT2D eigenvalue weighted by molar-refractivity contribution is -0.0437. The number of carbonyl (C=O) groups is 1. The number of alkyl halides is 2. The van der Waals surface area contributed by atoms with Crippen molar-refractivity contribution in [1.29, 1.82) is 0 Å². The number of sulfonamides is 1. The van der Waals surface area contributed by atoms with Crippen molar-refractivity contribution in [2.75, 3.05) is 13.2 Å². The first-order valence-electron chi connectivity index (χ1n) is 4.35. The summed E-state index contributed by atoms with van der Waals surface area (Å²) in [7, 11) is -4.40. The van der Waals surface area contributed by atoms with E-state index in [-0.39, 0.29) is 0 Å². The zero-order valence-electron chi connectivity index (χ0n) is 8.63. The van der Waals surface area contributed by atoms with Gasteiger partial charge in [-0.25, -0.2) is 31.7 Å². The number of rotatable bonds is 6. The lowest BCUT2D eigenvalue weighted by Crippen LogP contribution is -2.39. The van der Waals surface area contributed by atoms with Gasteiger partial charge in [-0.3, -0.25) is 0 Å². The molecule has 1 aromatic rings. The Labute approximate surface area is 104 Å². The van der Waals surface area contributed by atoms with E-state index >= 15 is 0 Å². The third kappa shape index (κ3) is 3.41. The Kier molecular flexibility index (Phi) is 4.32. The van der Waals surface area contributed by atoms with Crippen molar-refractivity contribution in [3.8, 4) is 0 Å². The van der Waals surface area contributed by atoms with Crippen LogP contribution in [0.5, 0.6) is 0 Å². The molecular formula is C7H8F2N2O5S2. The van der Waals surface area contributed by atoms with Gasteiger partial charge in [0.25, 0.3) is 15.9 Å². The number of nitrogens with zero attached hydrogens (tertiary/aromatic N) is 1. The Morgan fingerprint density at radius 3 is 2.67 bits per heavy atom. The lowest BCUT2D eigenvalue weighted by atomic mass is 10.4. The predicted octanol–water partition coefficient (Wildman–Crippen LogP) is -0.253. The smallest absolute Gasteiger partial charge is 0.356 e. The van der Waals surface area contributed by atoms with E-state index in [1.165, 1.54) is 4.72 Å². The van der Waals surface area contributed by atoms with Gasteiger partial charge in [0, 0.05) is 0 Å². The predicted molar refractivity (Wildman–Crippen MR) is 56.3 cm³/mol. The SMILES string of the molecule is O=C(O)c1ncsc1S(=O)(=O)NCC(F)(F)CO. The molecular weight excluding hydrogens is 294 g/mol. The summed E-state index contributed by atoms with van der Waals surface area (Å²) in [6, 6.07) is 0. The topological polar surface area (TPSA) is 117 Å². The van der Waals surface area contributed by atoms with E-state index in [0.717, 1.165) is 5.51 Å². The number of aliphatic hydroxyl groups excluding tert-OH is 1. The van der Waals surface area contributed by atoms with Crippen LogP contribution in [0.1, 0.15) is 10.5 Å². The van der Waals surface area contributed by atoms with Crippen LogP contribution in [-0.4, -0.2) is 48.7 Å². The van der Waals surface area contributed by atoms with Crippen molar-refractivity contribution in [3.05, 3.63) is 11.2 Å². The molecule has 0 aliphatic carbocycles. The number of thiazole rings is 1. The Balaban J connectivity index is 2.94. The molecule has 0 radical (unpaired) electrons. The van der Waals surface area contributed by atoms with Crippen LogP contribution in [0.2, 0.25) is 0 Å². The van der Waals surface area contributed by atoms with Crippen molar-refractivity contribution in [3.63, 3.8) is 0 Å². The zero-order valence-corrected chi connectivity index (χ0v) is 10.3. The summed E-state index contributed by atoms with van der Waals surface area (Å²) in [5.41, 5.74) is 0.238. The molecule has 11 heteroatoms. The van der Waals surface area contributed by atoms with Gasteiger partial charge in [0.2, 0.25) is 0 Å². The molecule has 1 heterocycles. The maximum atomic E-state index is 12.7. The van der Waals surface area contributed by atoms with E-state index in [1.807, 2.05) is 0 Å². The number of halogens is 2. The van der Waals surface area contributed by atoms with Crippen LogP contribution in [0.3, 0.4) is 0 Å². The Morgan fingerprint density at radius 2 is 2.17 bits per heavy atom. The molecule has 0 saturated carbocycles. The number of hydrogen-bond acceptors (Lipinski definition) is 6. The Bertz CT molecular complexity index is 542. The second-order valence-corrected chi connectivity index (χ2v) is 5.95.